The predicted octanol–water partition coefficient (Wildman–Crippen LogP) is 4.86. The van der Waals surface area contributed by atoms with E-state index >= 15 is 0 Å². The lowest BCUT2D eigenvalue weighted by atomic mass is 10.2. The molecule has 0 aromatic heterocycles. The normalized spacial score (nSPS) is 16.2. The summed E-state index contributed by atoms with van der Waals surface area (Å²) < 4.78 is 5.79. The first kappa shape index (κ1) is 39.2. The summed E-state index contributed by atoms with van der Waals surface area (Å²) in [5.41, 5.74) is 0. The van der Waals surface area contributed by atoms with Crippen LogP contribution in [0.4, 0.5) is 0 Å². The molecule has 0 aliphatic carbocycles. The molecule has 1 aliphatic rings. The Hall–Kier alpha value is 0.154. The molecule has 0 bridgehead atoms. The SMILES string of the molecule is CO[Si](C)(C)CCCN(CCCN(C)C)CCCN1CCN(CCCN(CCCN(C)C)CCC[Si](C)(C)C)CC1. The topological polar surface area (TPSA) is 28.7 Å². The molecule has 0 aromatic carbocycles. The van der Waals surface area contributed by atoms with Gasteiger partial charge in [-0.1, -0.05) is 25.7 Å². The molecule has 7 nitrogen and oxygen atoms in total. The van der Waals surface area contributed by atoms with Gasteiger partial charge in [-0.3, -0.25) is 0 Å². The van der Waals surface area contributed by atoms with Gasteiger partial charge in [-0.2, -0.15) is 0 Å². The lowest BCUT2D eigenvalue weighted by Gasteiger charge is -2.35. The summed E-state index contributed by atoms with van der Waals surface area (Å²) in [6, 6.07) is 2.72. The lowest BCUT2D eigenvalue weighted by molar-refractivity contribution is 0.121. The Morgan fingerprint density at radius 2 is 0.878 bits per heavy atom. The maximum Gasteiger partial charge on any atom is 0.186 e. The largest absolute Gasteiger partial charge is 0.420 e. The molecular weight excluding hydrogens is 541 g/mol. The number of rotatable bonds is 25. The quantitative estimate of drug-likeness (QED) is 0.136. The van der Waals surface area contributed by atoms with Gasteiger partial charge in [-0.25, -0.2) is 0 Å². The molecule has 0 N–H and O–H groups in total. The summed E-state index contributed by atoms with van der Waals surface area (Å²) in [6.45, 7) is 29.7. The summed E-state index contributed by atoms with van der Waals surface area (Å²) in [7, 11) is 8.29. The van der Waals surface area contributed by atoms with Crippen LogP contribution in [0.15, 0.2) is 0 Å². The first-order valence-electron chi connectivity index (χ1n) is 17.0. The van der Waals surface area contributed by atoms with Crippen molar-refractivity contribution >= 4 is 16.4 Å². The summed E-state index contributed by atoms with van der Waals surface area (Å²) in [5, 5.41) is 0. The van der Waals surface area contributed by atoms with E-state index in [-0.39, 0.29) is 0 Å². The van der Waals surface area contributed by atoms with Crippen molar-refractivity contribution in [3.8, 4) is 0 Å². The summed E-state index contributed by atoms with van der Waals surface area (Å²) in [4.78, 5) is 15.6. The third-order valence-electron chi connectivity index (χ3n) is 8.73. The molecule has 1 rings (SSSR count). The van der Waals surface area contributed by atoms with Crippen LogP contribution in [0.3, 0.4) is 0 Å². The van der Waals surface area contributed by atoms with E-state index in [2.05, 4.69) is 90.3 Å². The average molecular weight is 615 g/mol. The number of hydrogen-bond acceptors (Lipinski definition) is 7. The number of nitrogens with zero attached hydrogens (tertiary/aromatic N) is 6. The second-order valence-corrected chi connectivity index (χ2v) is 25.2. The first-order valence-corrected chi connectivity index (χ1v) is 23.9. The Balaban J connectivity index is 2.33. The number of piperazine rings is 1. The van der Waals surface area contributed by atoms with E-state index in [1.54, 1.807) is 0 Å². The third-order valence-corrected chi connectivity index (χ3v) is 13.2. The van der Waals surface area contributed by atoms with Crippen LogP contribution in [0, 0.1) is 0 Å². The van der Waals surface area contributed by atoms with Gasteiger partial charge in [0.15, 0.2) is 8.32 Å². The van der Waals surface area contributed by atoms with Gasteiger partial charge in [0.2, 0.25) is 0 Å². The number of hydrogen-bond donors (Lipinski definition) is 0. The first-order chi connectivity index (χ1) is 19.3. The second kappa shape index (κ2) is 21.8. The van der Waals surface area contributed by atoms with Crippen LogP contribution in [0.2, 0.25) is 44.8 Å². The van der Waals surface area contributed by atoms with Crippen molar-refractivity contribution in [2.45, 2.75) is 83.3 Å². The van der Waals surface area contributed by atoms with E-state index in [0.29, 0.717) is 0 Å². The average Bonchev–Trinajstić information content (AvgIpc) is 2.88. The van der Waals surface area contributed by atoms with Crippen LogP contribution in [0.5, 0.6) is 0 Å². The highest BCUT2D eigenvalue weighted by Crippen LogP contribution is 2.14. The van der Waals surface area contributed by atoms with Crippen LogP contribution in [0.1, 0.15) is 38.5 Å². The molecule has 9 heteroatoms. The van der Waals surface area contributed by atoms with E-state index in [1.165, 1.54) is 142 Å². The van der Waals surface area contributed by atoms with Crippen LogP contribution in [-0.4, -0.2) is 173 Å². The van der Waals surface area contributed by atoms with Crippen molar-refractivity contribution in [1.82, 2.24) is 29.4 Å². The summed E-state index contributed by atoms with van der Waals surface area (Å²) in [5.74, 6) is 0. The Labute approximate surface area is 260 Å². The zero-order chi connectivity index (χ0) is 30.7. The Bertz CT molecular complexity index is 624. The minimum absolute atomic E-state index is 0.935. The fraction of sp³-hybridized carbons (Fsp3) is 1.00. The minimum atomic E-state index is -1.45. The third kappa shape index (κ3) is 22.3. The highest BCUT2D eigenvalue weighted by atomic mass is 28.4. The molecule has 246 valence electrons. The van der Waals surface area contributed by atoms with Crippen molar-refractivity contribution in [3.05, 3.63) is 0 Å². The molecule has 0 saturated carbocycles. The maximum absolute atomic E-state index is 5.79. The van der Waals surface area contributed by atoms with E-state index in [1.807, 2.05) is 7.11 Å². The second-order valence-electron chi connectivity index (χ2n) is 15.1. The van der Waals surface area contributed by atoms with Crippen LogP contribution in [0.25, 0.3) is 0 Å². The van der Waals surface area contributed by atoms with Crippen LogP contribution < -0.4 is 0 Å². The molecular formula is C32H74N6OSi2. The monoisotopic (exact) mass is 615 g/mol. The molecule has 0 aromatic rings. The smallest absolute Gasteiger partial charge is 0.186 e. The lowest BCUT2D eigenvalue weighted by Crippen LogP contribution is -2.47. The molecule has 41 heavy (non-hydrogen) atoms. The summed E-state index contributed by atoms with van der Waals surface area (Å²) in [6.07, 6.45) is 7.84. The minimum Gasteiger partial charge on any atom is -0.420 e. The summed E-state index contributed by atoms with van der Waals surface area (Å²) >= 11 is 0. The van der Waals surface area contributed by atoms with Gasteiger partial charge in [-0.05, 0) is 151 Å². The Morgan fingerprint density at radius 1 is 0.512 bits per heavy atom. The van der Waals surface area contributed by atoms with E-state index in [0.717, 1.165) is 0 Å². The zero-order valence-corrected chi connectivity index (χ0v) is 31.6. The molecule has 1 aliphatic heterocycles. The molecule has 1 heterocycles. The molecule has 0 spiro atoms. The predicted molar refractivity (Wildman–Crippen MR) is 188 cm³/mol. The highest BCUT2D eigenvalue weighted by molar-refractivity contribution is 6.76. The van der Waals surface area contributed by atoms with Crippen LogP contribution >= 0.6 is 0 Å². The molecule has 0 amide bonds. The van der Waals surface area contributed by atoms with Gasteiger partial charge in [0, 0.05) is 41.4 Å². The Kier molecular flexibility index (Phi) is 20.8. The molecule has 0 atom stereocenters. The van der Waals surface area contributed by atoms with Crippen molar-refractivity contribution < 1.29 is 4.43 Å². The van der Waals surface area contributed by atoms with Crippen molar-refractivity contribution in [2.75, 3.05) is 127 Å². The molecule has 1 saturated heterocycles. The molecule has 0 unspecified atom stereocenters. The van der Waals surface area contributed by atoms with Crippen molar-refractivity contribution in [1.29, 1.82) is 0 Å². The van der Waals surface area contributed by atoms with Gasteiger partial charge in [-0.15, -0.1) is 0 Å². The fourth-order valence-electron chi connectivity index (χ4n) is 5.83. The van der Waals surface area contributed by atoms with Crippen LogP contribution in [-0.2, 0) is 4.43 Å². The van der Waals surface area contributed by atoms with Gasteiger partial charge in [0.05, 0.1) is 0 Å². The fourth-order valence-corrected chi connectivity index (χ4v) is 8.26. The van der Waals surface area contributed by atoms with Gasteiger partial charge in [0.25, 0.3) is 0 Å². The van der Waals surface area contributed by atoms with Crippen molar-refractivity contribution in [3.63, 3.8) is 0 Å². The van der Waals surface area contributed by atoms with Gasteiger partial charge >= 0.3 is 0 Å². The van der Waals surface area contributed by atoms with E-state index in [4.69, 9.17) is 4.43 Å². The Morgan fingerprint density at radius 3 is 1.24 bits per heavy atom. The zero-order valence-electron chi connectivity index (χ0n) is 29.6. The van der Waals surface area contributed by atoms with Crippen molar-refractivity contribution in [2.24, 2.45) is 0 Å². The highest BCUT2D eigenvalue weighted by Gasteiger charge is 2.21. The maximum atomic E-state index is 5.79. The molecule has 0 radical (unpaired) electrons. The van der Waals surface area contributed by atoms with Gasteiger partial charge < -0.3 is 33.8 Å². The van der Waals surface area contributed by atoms with Gasteiger partial charge in [0.1, 0.15) is 0 Å². The van der Waals surface area contributed by atoms with E-state index < -0.39 is 16.4 Å². The van der Waals surface area contributed by atoms with E-state index in [9.17, 15) is 0 Å². The standard InChI is InChI=1S/C32H74N6OSi2/c1-33(2)17-11-19-35(25-15-31-40(6,7)8)21-13-23-37-27-29-38(30-28-37)24-14-22-36(20-12-18-34(3)4)26-16-32-41(9,10)39-5/h11-32H2,1-10H3. The molecule has 1 fully saturated rings.